The molecule has 0 atom stereocenters. The second kappa shape index (κ2) is 12.1. The molecule has 0 spiro atoms. The number of aliphatic carboxylic acids is 3. The molecule has 0 saturated carbocycles. The number of rotatable bonds is 6. The van der Waals surface area contributed by atoms with E-state index in [9.17, 15) is 28.8 Å². The summed E-state index contributed by atoms with van der Waals surface area (Å²) in [5.41, 5.74) is -2.56. The highest BCUT2D eigenvalue weighted by Crippen LogP contribution is 2.15. The van der Waals surface area contributed by atoms with Gasteiger partial charge in [0.05, 0.1) is 25.8 Å². The second-order valence-corrected chi connectivity index (χ2v) is 6.64. The van der Waals surface area contributed by atoms with E-state index in [0.29, 0.717) is 17.8 Å². The number of nitrogens with zero attached hydrogens (tertiary/aromatic N) is 4. The van der Waals surface area contributed by atoms with Crippen LogP contribution in [0.15, 0.2) is 15.9 Å². The van der Waals surface area contributed by atoms with E-state index in [-0.39, 0.29) is 17.2 Å². The maximum Gasteiger partial charge on any atom is 0.336 e. The Bertz CT molecular complexity index is 1130. The summed E-state index contributed by atoms with van der Waals surface area (Å²) in [6.07, 6.45) is -0.769. The third kappa shape index (κ3) is 8.21. The van der Waals surface area contributed by atoms with Gasteiger partial charge in [-0.3, -0.25) is 28.3 Å². The van der Waals surface area contributed by atoms with Crippen molar-refractivity contribution in [3.05, 3.63) is 27.2 Å². The first-order valence-corrected chi connectivity index (χ1v) is 9.18. The molecule has 2 rings (SSSR count). The van der Waals surface area contributed by atoms with Crippen LogP contribution in [0, 0.1) is 0 Å². The molecule has 0 unspecified atom stereocenters. The van der Waals surface area contributed by atoms with Crippen molar-refractivity contribution in [2.75, 3.05) is 6.61 Å². The fraction of sp³-hybridized carbons (Fsp3) is 0.500. The quantitative estimate of drug-likeness (QED) is 0.344. The third-order valence-corrected chi connectivity index (χ3v) is 3.95. The molecule has 2 aromatic heterocycles. The molecule has 0 saturated heterocycles. The molecule has 0 fully saturated rings. The number of imidazole rings is 1. The minimum atomic E-state index is -2.74. The topological polar surface area (TPSA) is 220 Å². The Hall–Kier alpha value is -4.01. The maximum absolute atomic E-state index is 11.7. The number of carboxylic acids is 3. The number of hydrogen-bond donors (Lipinski definition) is 4. The molecule has 4 N–H and O–H groups in total. The van der Waals surface area contributed by atoms with Gasteiger partial charge in [-0.1, -0.05) is 0 Å². The highest BCUT2D eigenvalue weighted by molar-refractivity contribution is 5.88. The lowest BCUT2D eigenvalue weighted by Crippen LogP contribution is -2.42. The molecule has 0 bridgehead atoms. The zero-order chi connectivity index (χ0) is 26.1. The van der Waals surface area contributed by atoms with Gasteiger partial charge in [0, 0.05) is 28.1 Å². The van der Waals surface area contributed by atoms with Crippen LogP contribution in [-0.2, 0) is 45.1 Å². The van der Waals surface area contributed by atoms with Crippen molar-refractivity contribution >= 4 is 35.0 Å². The molecule has 0 amide bonds. The van der Waals surface area contributed by atoms with Gasteiger partial charge in [-0.05, 0) is 6.92 Å². The molecular formula is C18H26N4O11. The molecule has 15 heteroatoms. The Balaban J connectivity index is 0.000000504. The molecule has 0 aliphatic heterocycles. The van der Waals surface area contributed by atoms with Crippen LogP contribution < -0.4 is 11.2 Å². The fourth-order valence-corrected chi connectivity index (χ4v) is 2.39. The smallest absolute Gasteiger partial charge is 0.336 e. The van der Waals surface area contributed by atoms with Gasteiger partial charge in [0.1, 0.15) is 0 Å². The molecular weight excluding hydrogens is 448 g/mol. The number of fused-ring (bicyclic) bond motifs is 1. The normalized spacial score (nSPS) is 10.4. The van der Waals surface area contributed by atoms with Crippen molar-refractivity contribution < 1.29 is 44.3 Å². The largest absolute Gasteiger partial charge is 0.481 e. The number of carboxylic acid groups (broad SMARTS) is 3. The van der Waals surface area contributed by atoms with E-state index in [1.54, 1.807) is 25.6 Å². The standard InChI is InChI=1S/C8H10N4O2.C6H8O7.C4H8O2/c1-10-4-9-6-5(10)7(13)12(3)8(14)11(6)2;7-3(8)1-6(13,5(11)12)2-4(9)10;1-3-6-4(2)5/h4H,1-3H3;13H,1-2H2,(H,7,8)(H,9,10)(H,11,12);3H2,1-2H3. The summed E-state index contributed by atoms with van der Waals surface area (Å²) in [4.78, 5) is 67.5. The van der Waals surface area contributed by atoms with Crippen LogP contribution in [0.2, 0.25) is 0 Å². The van der Waals surface area contributed by atoms with E-state index in [1.165, 1.54) is 24.9 Å². The Morgan fingerprint density at radius 1 is 1.00 bits per heavy atom. The number of hydrogen-bond acceptors (Lipinski definition) is 9. The van der Waals surface area contributed by atoms with Crippen LogP contribution in [0.25, 0.3) is 11.2 Å². The number of aryl methyl sites for hydroxylation is 2. The zero-order valence-corrected chi connectivity index (χ0v) is 18.6. The number of aromatic nitrogens is 4. The van der Waals surface area contributed by atoms with E-state index in [2.05, 4.69) is 9.72 Å². The molecule has 184 valence electrons. The zero-order valence-electron chi connectivity index (χ0n) is 18.6. The van der Waals surface area contributed by atoms with Crippen LogP contribution in [0.3, 0.4) is 0 Å². The SMILES string of the molecule is CCOC(C)=O.Cn1c(=O)c2c(ncn2C)n(C)c1=O.O=C(O)CC(O)(CC(=O)O)C(=O)O. The summed E-state index contributed by atoms with van der Waals surface area (Å²) in [5, 5.41) is 33.8. The van der Waals surface area contributed by atoms with Gasteiger partial charge in [-0.15, -0.1) is 0 Å². The van der Waals surface area contributed by atoms with E-state index in [1.807, 2.05) is 0 Å². The number of aliphatic hydroxyl groups is 1. The summed E-state index contributed by atoms with van der Waals surface area (Å²) in [6, 6.07) is 0. The van der Waals surface area contributed by atoms with Crippen LogP contribution in [0.4, 0.5) is 0 Å². The van der Waals surface area contributed by atoms with Gasteiger partial charge in [-0.25, -0.2) is 14.6 Å². The Labute approximate surface area is 186 Å². The van der Waals surface area contributed by atoms with Crippen molar-refractivity contribution in [3.8, 4) is 0 Å². The van der Waals surface area contributed by atoms with E-state index in [0.717, 1.165) is 4.57 Å². The van der Waals surface area contributed by atoms with Crippen molar-refractivity contribution in [2.45, 2.75) is 32.3 Å². The van der Waals surface area contributed by atoms with Gasteiger partial charge >= 0.3 is 29.6 Å². The van der Waals surface area contributed by atoms with Crippen molar-refractivity contribution in [1.82, 2.24) is 18.7 Å². The lowest BCUT2D eigenvalue weighted by molar-refractivity contribution is -0.170. The highest BCUT2D eigenvalue weighted by Gasteiger charge is 2.40. The number of carbonyl (C=O) groups is 4. The van der Waals surface area contributed by atoms with Gasteiger partial charge < -0.3 is 29.7 Å². The Morgan fingerprint density at radius 2 is 1.48 bits per heavy atom. The predicted molar refractivity (Wildman–Crippen MR) is 111 cm³/mol. The van der Waals surface area contributed by atoms with Gasteiger partial charge in [0.2, 0.25) is 0 Å². The first kappa shape index (κ1) is 29.0. The lowest BCUT2D eigenvalue weighted by Gasteiger charge is -2.18. The molecule has 0 aliphatic carbocycles. The second-order valence-electron chi connectivity index (χ2n) is 6.64. The molecule has 15 nitrogen and oxygen atoms in total. The molecule has 2 aromatic rings. The number of esters is 1. The van der Waals surface area contributed by atoms with E-state index >= 15 is 0 Å². The van der Waals surface area contributed by atoms with Crippen LogP contribution in [0.1, 0.15) is 26.7 Å². The Morgan fingerprint density at radius 3 is 1.82 bits per heavy atom. The Kier molecular flexibility index (Phi) is 10.7. The van der Waals surface area contributed by atoms with Crippen LogP contribution >= 0.6 is 0 Å². The summed E-state index contributed by atoms with van der Waals surface area (Å²) >= 11 is 0. The predicted octanol–water partition coefficient (Wildman–Crippen LogP) is -1.71. The number of ether oxygens (including phenoxy) is 1. The summed E-state index contributed by atoms with van der Waals surface area (Å²) in [6.45, 7) is 3.65. The summed E-state index contributed by atoms with van der Waals surface area (Å²) < 4.78 is 8.44. The fourth-order valence-electron chi connectivity index (χ4n) is 2.39. The van der Waals surface area contributed by atoms with Gasteiger partial charge in [0.15, 0.2) is 16.8 Å². The summed E-state index contributed by atoms with van der Waals surface area (Å²) in [7, 11) is 4.77. The maximum atomic E-state index is 11.7. The van der Waals surface area contributed by atoms with Crippen LogP contribution in [0.5, 0.6) is 0 Å². The van der Waals surface area contributed by atoms with Crippen molar-refractivity contribution in [1.29, 1.82) is 0 Å². The monoisotopic (exact) mass is 474 g/mol. The minimum Gasteiger partial charge on any atom is -0.481 e. The van der Waals surface area contributed by atoms with Gasteiger partial charge in [0.25, 0.3) is 5.56 Å². The number of carbonyl (C=O) groups excluding carboxylic acids is 1. The van der Waals surface area contributed by atoms with E-state index in [4.69, 9.17) is 20.4 Å². The molecule has 0 aromatic carbocycles. The molecule has 33 heavy (non-hydrogen) atoms. The lowest BCUT2D eigenvalue weighted by atomic mass is 9.96. The summed E-state index contributed by atoms with van der Waals surface area (Å²) in [5.74, 6) is -5.23. The minimum absolute atomic E-state index is 0.211. The average Bonchev–Trinajstić information content (AvgIpc) is 3.06. The average molecular weight is 474 g/mol. The first-order chi connectivity index (χ1) is 15.1. The first-order valence-electron chi connectivity index (χ1n) is 9.18. The highest BCUT2D eigenvalue weighted by atomic mass is 16.5. The molecule has 0 radical (unpaired) electrons. The van der Waals surface area contributed by atoms with Crippen LogP contribution in [-0.4, -0.2) is 75.2 Å². The third-order valence-electron chi connectivity index (χ3n) is 3.95. The van der Waals surface area contributed by atoms with Gasteiger partial charge in [-0.2, -0.15) is 0 Å². The molecule has 2 heterocycles. The van der Waals surface area contributed by atoms with E-state index < -0.39 is 36.4 Å². The van der Waals surface area contributed by atoms with Crippen molar-refractivity contribution in [2.24, 2.45) is 21.1 Å². The van der Waals surface area contributed by atoms with Crippen molar-refractivity contribution in [3.63, 3.8) is 0 Å². The molecule has 0 aliphatic rings.